The van der Waals surface area contributed by atoms with E-state index in [0.717, 1.165) is 11.3 Å². The highest BCUT2D eigenvalue weighted by Crippen LogP contribution is 2.46. The van der Waals surface area contributed by atoms with E-state index >= 15 is 0 Å². The van der Waals surface area contributed by atoms with E-state index in [4.69, 9.17) is 14.5 Å². The maximum Gasteiger partial charge on any atom is 0.408 e. The fourth-order valence-electron chi connectivity index (χ4n) is 7.04. The van der Waals surface area contributed by atoms with Gasteiger partial charge in [-0.2, -0.15) is 0 Å². The van der Waals surface area contributed by atoms with Crippen LogP contribution < -0.4 is 20.1 Å². The maximum absolute atomic E-state index is 14.4. The first-order valence-corrected chi connectivity index (χ1v) is 20.2. The van der Waals surface area contributed by atoms with Gasteiger partial charge in [0, 0.05) is 36.2 Å². The van der Waals surface area contributed by atoms with Gasteiger partial charge in [0.1, 0.15) is 29.2 Å². The zero-order chi connectivity index (χ0) is 40.1. The molecule has 1 aliphatic heterocycles. The van der Waals surface area contributed by atoms with E-state index in [1.54, 1.807) is 25.7 Å². The molecule has 1 aromatic carbocycles. The smallest absolute Gasteiger partial charge is 0.408 e. The molecule has 3 fully saturated rings. The molecule has 6 rings (SSSR count). The number of nitrogens with one attached hydrogen (secondary N) is 3. The molecule has 14 nitrogen and oxygen atoms in total. The van der Waals surface area contributed by atoms with Crippen molar-refractivity contribution in [2.24, 2.45) is 11.3 Å². The van der Waals surface area contributed by atoms with Crippen molar-refractivity contribution in [3.63, 3.8) is 0 Å². The van der Waals surface area contributed by atoms with Gasteiger partial charge < -0.3 is 25.2 Å². The van der Waals surface area contributed by atoms with Crippen LogP contribution in [0.25, 0.3) is 22.3 Å². The van der Waals surface area contributed by atoms with Gasteiger partial charge in [-0.1, -0.05) is 57.2 Å². The minimum absolute atomic E-state index is 0.0474. The molecule has 0 radical (unpaired) electrons. The van der Waals surface area contributed by atoms with Crippen LogP contribution >= 0.6 is 0 Å². The molecular weight excluding hydrogens is 725 g/mol. The second-order valence-corrected chi connectivity index (χ2v) is 18.9. The first kappa shape index (κ1) is 40.1. The standard InChI is InChI=1S/C40H52N6O8S/c1-9-25-21-40(25,36(49)45-55(51,52)27-16-17-27)44-34(47)30-19-26(22-46(30)35(48)32(38(3,4)5)43-37(50)54-39(6,7)8)53-31-20-29(24-13-11-10-12-14-24)42-33-28(31)18-15-23(2)41-33/h9-15,18,20,25-27,30,32,35,48H,1,16-17,19,21-22H2,2-8H3,(H,43,50)(H,44,47)(H,45,49)/t25-,26-,30+,32-,35?,40-/m1/s1. The highest BCUT2D eigenvalue weighted by molar-refractivity contribution is 7.91. The van der Waals surface area contributed by atoms with Crippen LogP contribution in [0.2, 0.25) is 0 Å². The molecule has 3 amide bonds. The molecule has 3 heterocycles. The molecule has 296 valence electrons. The number of nitrogens with zero attached hydrogens (tertiary/aromatic N) is 3. The minimum Gasteiger partial charge on any atom is -0.488 e. The number of hydrogen-bond acceptors (Lipinski definition) is 11. The monoisotopic (exact) mass is 776 g/mol. The van der Waals surface area contributed by atoms with Gasteiger partial charge in [-0.25, -0.2) is 23.2 Å². The van der Waals surface area contributed by atoms with Gasteiger partial charge in [0.05, 0.1) is 28.4 Å². The Labute approximate surface area is 322 Å². The molecule has 6 atom stereocenters. The van der Waals surface area contributed by atoms with Gasteiger partial charge in [-0.05, 0) is 64.5 Å². The van der Waals surface area contributed by atoms with Crippen molar-refractivity contribution in [1.29, 1.82) is 0 Å². The van der Waals surface area contributed by atoms with Crippen molar-refractivity contribution in [3.05, 3.63) is 66.9 Å². The number of aliphatic hydroxyl groups is 1. The molecule has 2 saturated carbocycles. The summed E-state index contributed by atoms with van der Waals surface area (Å²) in [6.45, 7) is 16.5. The lowest BCUT2D eigenvalue weighted by atomic mass is 9.85. The van der Waals surface area contributed by atoms with Gasteiger partial charge >= 0.3 is 6.09 Å². The number of likely N-dealkylation sites (tertiary alicyclic amines) is 1. The van der Waals surface area contributed by atoms with Crippen molar-refractivity contribution in [2.75, 3.05) is 6.54 Å². The minimum atomic E-state index is -3.90. The van der Waals surface area contributed by atoms with Crippen molar-refractivity contribution in [1.82, 2.24) is 30.2 Å². The predicted molar refractivity (Wildman–Crippen MR) is 207 cm³/mol. The molecule has 1 saturated heterocycles. The number of alkyl carbamates (subject to hydrolysis) is 1. The lowest BCUT2D eigenvalue weighted by Crippen LogP contribution is -2.62. The molecule has 0 bridgehead atoms. The summed E-state index contributed by atoms with van der Waals surface area (Å²) in [4.78, 5) is 52.1. The highest BCUT2D eigenvalue weighted by atomic mass is 32.2. The summed E-state index contributed by atoms with van der Waals surface area (Å²) in [5.74, 6) is -1.47. The number of carbonyl (C=O) groups excluding carboxylic acids is 3. The third kappa shape index (κ3) is 8.94. The summed E-state index contributed by atoms with van der Waals surface area (Å²) >= 11 is 0. The number of sulfonamides is 1. The number of benzene rings is 1. The van der Waals surface area contributed by atoms with Crippen LogP contribution in [-0.4, -0.2) is 93.7 Å². The second-order valence-electron chi connectivity index (χ2n) is 17.0. The zero-order valence-electron chi connectivity index (χ0n) is 32.5. The Morgan fingerprint density at radius 1 is 1.05 bits per heavy atom. The Morgan fingerprint density at radius 2 is 1.75 bits per heavy atom. The SMILES string of the molecule is C=C[C@@H]1C[C@]1(NC(=O)[C@@H]1C[C@@H](Oc2cc(-c3ccccc3)nc3nc(C)ccc23)CN1C(O)[C@@H](NC(=O)OC(C)(C)C)C(C)(C)C)C(=O)NS(=O)(=O)C1CC1. The first-order valence-electron chi connectivity index (χ1n) is 18.7. The third-order valence-electron chi connectivity index (χ3n) is 10.2. The molecule has 55 heavy (non-hydrogen) atoms. The van der Waals surface area contributed by atoms with Crippen LogP contribution in [0.1, 0.15) is 72.9 Å². The van der Waals surface area contributed by atoms with E-state index in [-0.39, 0.29) is 19.4 Å². The molecule has 4 N–H and O–H groups in total. The fraction of sp³-hybridized carbons (Fsp3) is 0.525. The van der Waals surface area contributed by atoms with Gasteiger partial charge in [-0.3, -0.25) is 19.2 Å². The molecule has 15 heteroatoms. The van der Waals surface area contributed by atoms with E-state index < -0.39 is 80.1 Å². The average Bonchev–Trinajstić information content (AvgIpc) is 4.02. The summed E-state index contributed by atoms with van der Waals surface area (Å²) in [7, 11) is -3.90. The fourth-order valence-corrected chi connectivity index (χ4v) is 8.41. The number of pyridine rings is 2. The van der Waals surface area contributed by atoms with Crippen LogP contribution in [0.4, 0.5) is 4.79 Å². The zero-order valence-corrected chi connectivity index (χ0v) is 33.3. The van der Waals surface area contributed by atoms with Crippen LogP contribution in [0.15, 0.2) is 61.2 Å². The first-order chi connectivity index (χ1) is 25.7. The number of amides is 3. The molecule has 3 aliphatic rings. The number of ether oxygens (including phenoxy) is 2. The lowest BCUT2D eigenvalue weighted by molar-refractivity contribution is -0.136. The normalized spacial score (nSPS) is 24.0. The number of fused-ring (bicyclic) bond motifs is 1. The Balaban J connectivity index is 1.33. The molecule has 2 aromatic heterocycles. The van der Waals surface area contributed by atoms with Crippen molar-refractivity contribution in [3.8, 4) is 17.0 Å². The summed E-state index contributed by atoms with van der Waals surface area (Å²) in [6, 6.07) is 13.2. The van der Waals surface area contributed by atoms with Crippen molar-refractivity contribution >= 4 is 39.0 Å². The number of aliphatic hydroxyl groups excluding tert-OH is 1. The molecule has 2 aliphatic carbocycles. The number of aromatic nitrogens is 2. The van der Waals surface area contributed by atoms with Crippen molar-refractivity contribution < 1.29 is 37.4 Å². The summed E-state index contributed by atoms with van der Waals surface area (Å²) in [5, 5.41) is 17.8. The molecule has 0 spiro atoms. The van der Waals surface area contributed by atoms with Crippen LogP contribution in [-0.2, 0) is 24.3 Å². The molecular formula is C40H52N6O8S. The Morgan fingerprint density at radius 3 is 2.35 bits per heavy atom. The third-order valence-corrected chi connectivity index (χ3v) is 12.1. The Hall–Kier alpha value is -4.60. The summed E-state index contributed by atoms with van der Waals surface area (Å²) in [6.07, 6.45) is -0.152. The van der Waals surface area contributed by atoms with Gasteiger partial charge in [0.2, 0.25) is 15.9 Å². The predicted octanol–water partition coefficient (Wildman–Crippen LogP) is 4.35. The van der Waals surface area contributed by atoms with Gasteiger partial charge in [0.15, 0.2) is 5.65 Å². The van der Waals surface area contributed by atoms with Crippen LogP contribution in [0.3, 0.4) is 0 Å². The van der Waals surface area contributed by atoms with E-state index in [1.165, 1.54) is 6.08 Å². The Kier molecular flexibility index (Phi) is 10.8. The largest absolute Gasteiger partial charge is 0.488 e. The average molecular weight is 777 g/mol. The Bertz CT molecular complexity index is 2080. The quantitative estimate of drug-likeness (QED) is 0.192. The summed E-state index contributed by atoms with van der Waals surface area (Å²) < 4.78 is 39.9. The topological polar surface area (TPSA) is 189 Å². The lowest BCUT2D eigenvalue weighted by Gasteiger charge is -2.40. The second kappa shape index (κ2) is 14.8. The van der Waals surface area contributed by atoms with E-state index in [0.29, 0.717) is 35.3 Å². The molecule has 1 unspecified atom stereocenters. The number of carbonyl (C=O) groups is 3. The number of rotatable bonds is 12. The van der Waals surface area contributed by atoms with Crippen LogP contribution in [0.5, 0.6) is 5.75 Å². The maximum atomic E-state index is 14.4. The molecule has 3 aromatic rings. The number of hydrogen-bond donors (Lipinski definition) is 4. The highest BCUT2D eigenvalue weighted by Gasteiger charge is 2.62. The van der Waals surface area contributed by atoms with E-state index in [9.17, 15) is 27.9 Å². The van der Waals surface area contributed by atoms with Gasteiger partial charge in [-0.15, -0.1) is 6.58 Å². The number of aryl methyl sites for hydroxylation is 1. The van der Waals surface area contributed by atoms with E-state index in [2.05, 4.69) is 26.9 Å². The van der Waals surface area contributed by atoms with E-state index in [1.807, 2.05) is 76.2 Å². The van der Waals surface area contributed by atoms with Gasteiger partial charge in [0.25, 0.3) is 5.91 Å². The van der Waals surface area contributed by atoms with Crippen molar-refractivity contribution in [2.45, 2.75) is 115 Å². The summed E-state index contributed by atoms with van der Waals surface area (Å²) in [5.41, 5.74) is -0.327. The van der Waals surface area contributed by atoms with Crippen LogP contribution in [0, 0.1) is 18.3 Å².